The minimum Gasteiger partial charge on any atom is -0.367 e. The molecule has 1 fully saturated rings. The first kappa shape index (κ1) is 17.8. The van der Waals surface area contributed by atoms with Gasteiger partial charge in [-0.05, 0) is 32.9 Å². The van der Waals surface area contributed by atoms with Crippen LogP contribution in [-0.4, -0.2) is 44.8 Å². The topological polar surface area (TPSA) is 83.2 Å². The highest BCUT2D eigenvalue weighted by Gasteiger charge is 2.41. The Balaban J connectivity index is 1.92. The van der Waals surface area contributed by atoms with Crippen LogP contribution in [0.3, 0.4) is 0 Å². The van der Waals surface area contributed by atoms with Crippen LogP contribution in [0.2, 0.25) is 5.02 Å². The number of anilines is 1. The number of nitrogens with two attached hydrogens (primary N) is 1. The Kier molecular flexibility index (Phi) is 4.51. The van der Waals surface area contributed by atoms with Crippen molar-refractivity contribution in [3.8, 4) is 6.07 Å². The van der Waals surface area contributed by atoms with Gasteiger partial charge in [0, 0.05) is 5.92 Å². The number of nitrogen functional groups attached to an aromatic ring is 1. The fourth-order valence-electron chi connectivity index (χ4n) is 3.29. The Morgan fingerprint density at radius 1 is 1.40 bits per heavy atom. The molecule has 1 aliphatic heterocycles. The Morgan fingerprint density at radius 3 is 2.60 bits per heavy atom. The number of hydrogen-bond donors (Lipinski definition) is 1. The lowest BCUT2D eigenvalue weighted by Gasteiger charge is -2.36. The number of nitriles is 1. The molecule has 25 heavy (non-hydrogen) atoms. The van der Waals surface area contributed by atoms with E-state index in [2.05, 4.69) is 16.2 Å². The van der Waals surface area contributed by atoms with Crippen molar-refractivity contribution in [2.75, 3.05) is 18.8 Å². The fraction of sp³-hybridized carbons (Fsp3) is 0.533. The molecular formula is C15H16ClF3N6. The number of rotatable bonds is 2. The van der Waals surface area contributed by atoms with Gasteiger partial charge in [0.15, 0.2) is 0 Å². The van der Waals surface area contributed by atoms with E-state index in [1.54, 1.807) is 0 Å². The number of fused-ring (bicyclic) bond motifs is 1. The van der Waals surface area contributed by atoms with E-state index in [1.165, 1.54) is 22.5 Å². The molecule has 6 nitrogen and oxygen atoms in total. The number of aromatic nitrogens is 3. The van der Waals surface area contributed by atoms with E-state index < -0.39 is 12.2 Å². The first-order valence-electron chi connectivity index (χ1n) is 7.77. The third kappa shape index (κ3) is 3.12. The molecule has 3 heterocycles. The average Bonchev–Trinajstić information content (AvgIpc) is 2.84. The van der Waals surface area contributed by atoms with Gasteiger partial charge in [-0.3, -0.25) is 4.90 Å². The minimum atomic E-state index is -4.25. The Bertz CT molecular complexity index is 832. The van der Waals surface area contributed by atoms with Crippen LogP contribution in [0.15, 0.2) is 6.20 Å². The van der Waals surface area contributed by atoms with Crippen LogP contribution in [0.25, 0.3) is 5.52 Å². The monoisotopic (exact) mass is 372 g/mol. The van der Waals surface area contributed by atoms with Crippen LogP contribution in [-0.2, 0) is 0 Å². The summed E-state index contributed by atoms with van der Waals surface area (Å²) in [4.78, 5) is 5.29. The van der Waals surface area contributed by atoms with Crippen molar-refractivity contribution in [2.24, 2.45) is 0 Å². The van der Waals surface area contributed by atoms with Gasteiger partial charge in [-0.1, -0.05) is 11.6 Å². The summed E-state index contributed by atoms with van der Waals surface area (Å²) < 4.78 is 40.2. The molecular weight excluding hydrogens is 357 g/mol. The van der Waals surface area contributed by atoms with Gasteiger partial charge in [0.1, 0.15) is 17.6 Å². The Labute approximate surface area is 147 Å². The number of hydrogen-bond acceptors (Lipinski definition) is 5. The zero-order valence-electron chi connectivity index (χ0n) is 13.4. The first-order chi connectivity index (χ1) is 11.7. The predicted octanol–water partition coefficient (Wildman–Crippen LogP) is 2.97. The largest absolute Gasteiger partial charge is 0.403 e. The first-order valence-corrected chi connectivity index (χ1v) is 8.15. The SMILES string of the molecule is CC(N1CCC(c2c(C#N)c(Cl)c3cnc(N)nn23)CC1)C(F)(F)F. The summed E-state index contributed by atoms with van der Waals surface area (Å²) in [6.07, 6.45) is -1.86. The van der Waals surface area contributed by atoms with E-state index in [-0.39, 0.29) is 35.5 Å². The van der Waals surface area contributed by atoms with E-state index in [4.69, 9.17) is 17.3 Å². The molecule has 0 radical (unpaired) electrons. The molecule has 0 aromatic carbocycles. The van der Waals surface area contributed by atoms with Crippen LogP contribution in [0.1, 0.15) is 36.9 Å². The highest BCUT2D eigenvalue weighted by Crippen LogP contribution is 2.38. The molecule has 0 bridgehead atoms. The van der Waals surface area contributed by atoms with Gasteiger partial charge in [0.05, 0.1) is 22.5 Å². The molecule has 134 valence electrons. The molecule has 0 amide bonds. The highest BCUT2D eigenvalue weighted by molar-refractivity contribution is 6.35. The van der Waals surface area contributed by atoms with Gasteiger partial charge < -0.3 is 5.73 Å². The fourth-order valence-corrected chi connectivity index (χ4v) is 3.56. The number of alkyl halides is 3. The van der Waals surface area contributed by atoms with Gasteiger partial charge in [0.2, 0.25) is 5.95 Å². The predicted molar refractivity (Wildman–Crippen MR) is 86.2 cm³/mol. The lowest BCUT2D eigenvalue weighted by molar-refractivity contribution is -0.181. The molecule has 2 aromatic rings. The van der Waals surface area contributed by atoms with Gasteiger partial charge in [-0.15, -0.1) is 5.10 Å². The highest BCUT2D eigenvalue weighted by atomic mass is 35.5. The summed E-state index contributed by atoms with van der Waals surface area (Å²) in [5.41, 5.74) is 6.97. The summed E-state index contributed by atoms with van der Waals surface area (Å²) in [7, 11) is 0. The van der Waals surface area contributed by atoms with Crippen molar-refractivity contribution in [2.45, 2.75) is 37.9 Å². The molecule has 2 N–H and O–H groups in total. The summed E-state index contributed by atoms with van der Waals surface area (Å²) in [5.74, 6) is -0.0892. The van der Waals surface area contributed by atoms with Crippen LogP contribution in [0, 0.1) is 11.3 Å². The van der Waals surface area contributed by atoms with E-state index in [0.717, 1.165) is 0 Å². The summed E-state index contributed by atoms with van der Waals surface area (Å²) in [6, 6.07) is 0.582. The molecule has 0 spiro atoms. The van der Waals surface area contributed by atoms with Crippen molar-refractivity contribution in [1.29, 1.82) is 5.26 Å². The van der Waals surface area contributed by atoms with Crippen LogP contribution >= 0.6 is 11.6 Å². The molecule has 0 aliphatic carbocycles. The maximum absolute atomic E-state index is 12.9. The van der Waals surface area contributed by atoms with Crippen molar-refractivity contribution in [3.63, 3.8) is 0 Å². The minimum absolute atomic E-state index is 0.0352. The third-order valence-corrected chi connectivity index (χ3v) is 5.11. The standard InChI is InChI=1S/C15H16ClF3N6/c1-8(15(17,18)19)24-4-2-9(3-5-24)13-10(6-20)12(16)11-7-22-14(21)23-25(11)13/h7-9H,2-5H2,1H3,(H2,21,23). The van der Waals surface area contributed by atoms with Gasteiger partial charge in [-0.25, -0.2) is 9.50 Å². The second-order valence-electron chi connectivity index (χ2n) is 6.13. The Morgan fingerprint density at radius 2 is 2.04 bits per heavy atom. The Hall–Kier alpha value is -2.05. The molecule has 1 saturated heterocycles. The van der Waals surface area contributed by atoms with Crippen LogP contribution in [0.4, 0.5) is 19.1 Å². The van der Waals surface area contributed by atoms with Crippen molar-refractivity contribution in [3.05, 3.63) is 22.5 Å². The van der Waals surface area contributed by atoms with Crippen LogP contribution in [0.5, 0.6) is 0 Å². The summed E-state index contributed by atoms with van der Waals surface area (Å²) >= 11 is 6.25. The summed E-state index contributed by atoms with van der Waals surface area (Å²) in [5, 5.41) is 13.8. The zero-order valence-corrected chi connectivity index (χ0v) is 14.1. The number of nitrogens with zero attached hydrogens (tertiary/aromatic N) is 5. The number of likely N-dealkylation sites (tertiary alicyclic amines) is 1. The molecule has 0 saturated carbocycles. The molecule has 1 aliphatic rings. The van der Waals surface area contributed by atoms with E-state index >= 15 is 0 Å². The van der Waals surface area contributed by atoms with Gasteiger partial charge >= 0.3 is 6.18 Å². The van der Waals surface area contributed by atoms with E-state index in [9.17, 15) is 18.4 Å². The molecule has 10 heteroatoms. The second kappa shape index (κ2) is 6.35. The smallest absolute Gasteiger partial charge is 0.367 e. The quantitative estimate of drug-likeness (QED) is 0.876. The summed E-state index contributed by atoms with van der Waals surface area (Å²) in [6.45, 7) is 1.72. The molecule has 3 rings (SSSR count). The van der Waals surface area contributed by atoms with Crippen molar-refractivity contribution < 1.29 is 13.2 Å². The van der Waals surface area contributed by atoms with Crippen molar-refractivity contribution >= 4 is 23.1 Å². The van der Waals surface area contributed by atoms with Crippen molar-refractivity contribution in [1.82, 2.24) is 19.5 Å². The number of piperidine rings is 1. The lowest BCUT2D eigenvalue weighted by atomic mass is 9.91. The number of halogens is 4. The zero-order chi connectivity index (χ0) is 18.4. The maximum Gasteiger partial charge on any atom is 0.403 e. The second-order valence-corrected chi connectivity index (χ2v) is 6.51. The average molecular weight is 373 g/mol. The molecule has 1 unspecified atom stereocenters. The van der Waals surface area contributed by atoms with Crippen LogP contribution < -0.4 is 5.73 Å². The lowest BCUT2D eigenvalue weighted by Crippen LogP contribution is -2.47. The van der Waals surface area contributed by atoms with E-state index in [0.29, 0.717) is 24.1 Å². The normalized spacial score (nSPS) is 18.4. The van der Waals surface area contributed by atoms with Gasteiger partial charge in [-0.2, -0.15) is 18.4 Å². The molecule has 2 aromatic heterocycles. The maximum atomic E-state index is 12.9. The van der Waals surface area contributed by atoms with E-state index in [1.807, 2.05) is 0 Å². The molecule has 1 atom stereocenters. The van der Waals surface area contributed by atoms with Gasteiger partial charge in [0.25, 0.3) is 0 Å². The third-order valence-electron chi connectivity index (χ3n) is 4.73.